The molecule has 3 heterocycles. The van der Waals surface area contributed by atoms with E-state index in [1.54, 1.807) is 7.05 Å². The van der Waals surface area contributed by atoms with Gasteiger partial charge in [-0.05, 0) is 40.0 Å². The van der Waals surface area contributed by atoms with Gasteiger partial charge in [-0.25, -0.2) is 4.98 Å². The van der Waals surface area contributed by atoms with E-state index in [2.05, 4.69) is 26.0 Å². The summed E-state index contributed by atoms with van der Waals surface area (Å²) < 4.78 is 7.78. The molecule has 1 aromatic rings. The molecule has 0 spiro atoms. The van der Waals surface area contributed by atoms with Crippen molar-refractivity contribution in [3.63, 3.8) is 0 Å². The van der Waals surface area contributed by atoms with Gasteiger partial charge in [0.1, 0.15) is 11.4 Å². The van der Waals surface area contributed by atoms with Crippen LogP contribution in [0.4, 0.5) is 0 Å². The topological polar surface area (TPSA) is 71.8 Å². The lowest BCUT2D eigenvalue weighted by atomic mass is 10.1. The van der Waals surface area contributed by atoms with Crippen molar-refractivity contribution in [3.8, 4) is 0 Å². The van der Waals surface area contributed by atoms with Crippen molar-refractivity contribution in [1.82, 2.24) is 19.8 Å². The molecule has 0 aromatic carbocycles. The fourth-order valence-electron chi connectivity index (χ4n) is 3.59. The van der Waals surface area contributed by atoms with Crippen molar-refractivity contribution < 1.29 is 9.53 Å². The highest BCUT2D eigenvalue weighted by atomic mass is 127. The number of hydrogen-bond donors (Lipinski definition) is 1. The van der Waals surface area contributed by atoms with Gasteiger partial charge in [0.05, 0.1) is 18.2 Å². The summed E-state index contributed by atoms with van der Waals surface area (Å²) in [6, 6.07) is 0. The zero-order valence-corrected chi connectivity index (χ0v) is 19.2. The Labute approximate surface area is 179 Å². The van der Waals surface area contributed by atoms with Gasteiger partial charge < -0.3 is 19.5 Å². The Morgan fingerprint density at radius 2 is 2.15 bits per heavy atom. The number of esters is 1. The van der Waals surface area contributed by atoms with Gasteiger partial charge in [-0.3, -0.25) is 9.79 Å². The van der Waals surface area contributed by atoms with E-state index in [1.807, 2.05) is 20.8 Å². The van der Waals surface area contributed by atoms with Gasteiger partial charge in [-0.1, -0.05) is 0 Å². The zero-order valence-electron chi connectivity index (χ0n) is 16.8. The smallest absolute Gasteiger partial charge is 0.311 e. The second-order valence-corrected chi connectivity index (χ2v) is 8.16. The molecule has 3 rings (SSSR count). The molecule has 1 atom stereocenters. The molecule has 8 heteroatoms. The summed E-state index contributed by atoms with van der Waals surface area (Å²) in [6.07, 6.45) is 6.47. The van der Waals surface area contributed by atoms with Gasteiger partial charge in [0, 0.05) is 39.3 Å². The summed E-state index contributed by atoms with van der Waals surface area (Å²) in [6.45, 7) is 8.90. The van der Waals surface area contributed by atoms with E-state index in [-0.39, 0.29) is 35.9 Å². The summed E-state index contributed by atoms with van der Waals surface area (Å²) >= 11 is 0. The molecule has 27 heavy (non-hydrogen) atoms. The molecule has 0 aliphatic carbocycles. The van der Waals surface area contributed by atoms with Crippen LogP contribution in [0.2, 0.25) is 0 Å². The van der Waals surface area contributed by atoms with E-state index < -0.39 is 5.60 Å². The number of aromatic nitrogens is 2. The number of carbonyl (C=O) groups is 1. The first-order valence-electron chi connectivity index (χ1n) is 9.59. The molecular formula is C19H32IN5O2. The van der Waals surface area contributed by atoms with E-state index in [0.29, 0.717) is 13.1 Å². The summed E-state index contributed by atoms with van der Waals surface area (Å²) in [4.78, 5) is 23.5. The first kappa shape index (κ1) is 22.0. The summed E-state index contributed by atoms with van der Waals surface area (Å²) in [5.41, 5.74) is 0.607. The number of guanidine groups is 1. The molecule has 0 saturated carbocycles. The molecule has 0 amide bonds. The number of hydrogen-bond acceptors (Lipinski definition) is 4. The highest BCUT2D eigenvalue weighted by Crippen LogP contribution is 2.21. The van der Waals surface area contributed by atoms with Crippen LogP contribution in [-0.4, -0.2) is 52.1 Å². The number of fused-ring (bicyclic) bond motifs is 1. The molecule has 1 saturated heterocycles. The van der Waals surface area contributed by atoms with E-state index in [1.165, 1.54) is 18.7 Å². The third kappa shape index (κ3) is 5.83. The maximum absolute atomic E-state index is 12.3. The van der Waals surface area contributed by atoms with Crippen molar-refractivity contribution in [2.75, 3.05) is 20.1 Å². The Balaban J connectivity index is 0.00000261. The standard InChI is InChI=1S/C19H31N5O2.HI/c1-19(2,3)26-17(25)14-8-10-24(12-14)18(20-4)21-11-15-13-23-9-6-5-7-16(23)22-15;/h13-14H,5-12H2,1-4H3,(H,20,21);1H. The van der Waals surface area contributed by atoms with Crippen molar-refractivity contribution in [1.29, 1.82) is 0 Å². The van der Waals surface area contributed by atoms with Crippen LogP contribution in [0.25, 0.3) is 0 Å². The third-order valence-electron chi connectivity index (χ3n) is 4.83. The lowest BCUT2D eigenvalue weighted by molar-refractivity contribution is -0.159. The molecule has 0 radical (unpaired) electrons. The number of carbonyl (C=O) groups excluding carboxylic acids is 1. The Kier molecular flexibility index (Phi) is 7.53. The number of halogens is 1. The molecule has 7 nitrogen and oxygen atoms in total. The number of likely N-dealkylation sites (tertiary alicyclic amines) is 1. The lowest BCUT2D eigenvalue weighted by Gasteiger charge is -2.23. The lowest BCUT2D eigenvalue weighted by Crippen LogP contribution is -2.40. The van der Waals surface area contributed by atoms with Gasteiger partial charge >= 0.3 is 5.97 Å². The summed E-state index contributed by atoms with van der Waals surface area (Å²) in [5, 5.41) is 3.39. The molecule has 1 aromatic heterocycles. The predicted molar refractivity (Wildman–Crippen MR) is 116 cm³/mol. The maximum Gasteiger partial charge on any atom is 0.311 e. The average Bonchev–Trinajstić information content (AvgIpc) is 3.20. The normalized spacial score (nSPS) is 20.1. The number of aryl methyl sites for hydroxylation is 2. The minimum Gasteiger partial charge on any atom is -0.460 e. The monoisotopic (exact) mass is 489 g/mol. The van der Waals surface area contributed by atoms with Crippen LogP contribution in [0, 0.1) is 5.92 Å². The largest absolute Gasteiger partial charge is 0.460 e. The average molecular weight is 489 g/mol. The molecule has 1 N–H and O–H groups in total. The van der Waals surface area contributed by atoms with Crippen LogP contribution in [0.1, 0.15) is 51.6 Å². The molecule has 0 bridgehead atoms. The first-order chi connectivity index (χ1) is 12.4. The van der Waals surface area contributed by atoms with Crippen molar-refractivity contribution in [2.45, 2.75) is 65.1 Å². The Morgan fingerprint density at radius 1 is 1.37 bits per heavy atom. The molecule has 152 valence electrons. The van der Waals surface area contributed by atoms with Crippen LogP contribution >= 0.6 is 24.0 Å². The van der Waals surface area contributed by atoms with Crippen LogP contribution < -0.4 is 5.32 Å². The van der Waals surface area contributed by atoms with E-state index >= 15 is 0 Å². The predicted octanol–water partition coefficient (Wildman–Crippen LogP) is 2.58. The highest BCUT2D eigenvalue weighted by molar-refractivity contribution is 14.0. The second-order valence-electron chi connectivity index (χ2n) is 8.16. The summed E-state index contributed by atoms with van der Waals surface area (Å²) in [5.74, 6) is 1.81. The summed E-state index contributed by atoms with van der Waals surface area (Å²) in [7, 11) is 1.78. The van der Waals surface area contributed by atoms with Gasteiger partial charge in [-0.15, -0.1) is 24.0 Å². The van der Waals surface area contributed by atoms with E-state index in [9.17, 15) is 4.79 Å². The highest BCUT2D eigenvalue weighted by Gasteiger charge is 2.33. The number of rotatable bonds is 3. The van der Waals surface area contributed by atoms with Crippen molar-refractivity contribution in [3.05, 3.63) is 17.7 Å². The quantitative estimate of drug-likeness (QED) is 0.306. The minimum absolute atomic E-state index is 0. The Bertz CT molecular complexity index is 657. The van der Waals surface area contributed by atoms with E-state index in [0.717, 1.165) is 37.6 Å². The van der Waals surface area contributed by atoms with Crippen molar-refractivity contribution >= 4 is 35.9 Å². The van der Waals surface area contributed by atoms with Crippen LogP contribution in [0.3, 0.4) is 0 Å². The zero-order chi connectivity index (χ0) is 18.7. The van der Waals surface area contributed by atoms with Gasteiger partial charge in [-0.2, -0.15) is 0 Å². The van der Waals surface area contributed by atoms with Crippen LogP contribution in [0.15, 0.2) is 11.2 Å². The first-order valence-corrected chi connectivity index (χ1v) is 9.59. The fourth-order valence-corrected chi connectivity index (χ4v) is 3.59. The van der Waals surface area contributed by atoms with Gasteiger partial charge in [0.2, 0.25) is 0 Å². The minimum atomic E-state index is -0.440. The van der Waals surface area contributed by atoms with Crippen LogP contribution in [0.5, 0.6) is 0 Å². The number of imidazole rings is 1. The van der Waals surface area contributed by atoms with Gasteiger partial charge in [0.25, 0.3) is 0 Å². The molecule has 2 aliphatic rings. The van der Waals surface area contributed by atoms with Crippen LogP contribution in [-0.2, 0) is 29.0 Å². The molecule has 2 aliphatic heterocycles. The number of nitrogens with zero attached hydrogens (tertiary/aromatic N) is 4. The SMILES string of the molecule is CN=C(NCc1cn2c(n1)CCCC2)N1CCC(C(=O)OC(C)(C)C)C1.I. The maximum atomic E-state index is 12.3. The van der Waals surface area contributed by atoms with E-state index in [4.69, 9.17) is 9.72 Å². The Morgan fingerprint density at radius 3 is 2.81 bits per heavy atom. The van der Waals surface area contributed by atoms with Gasteiger partial charge in [0.15, 0.2) is 5.96 Å². The number of ether oxygens (including phenoxy) is 1. The molecule has 1 unspecified atom stereocenters. The second kappa shape index (κ2) is 9.25. The third-order valence-corrected chi connectivity index (χ3v) is 4.83. The van der Waals surface area contributed by atoms with Crippen molar-refractivity contribution in [2.24, 2.45) is 10.9 Å². The number of aliphatic imine (C=N–C) groups is 1. The molecular weight excluding hydrogens is 457 g/mol. The molecule has 1 fully saturated rings. The number of nitrogens with one attached hydrogen (secondary N) is 1. The Hall–Kier alpha value is -1.32. The fraction of sp³-hybridized carbons (Fsp3) is 0.737.